The van der Waals surface area contributed by atoms with Gasteiger partial charge in [-0.2, -0.15) is 0 Å². The smallest absolute Gasteiger partial charge is 0.343 e. The number of esters is 1. The van der Waals surface area contributed by atoms with Gasteiger partial charge in [-0.3, -0.25) is 4.79 Å². The number of Topliss-reactive ketones (excluding diaryl/α,β-unsaturated/α-hetero) is 1. The Morgan fingerprint density at radius 1 is 1.21 bits per heavy atom. The minimum Gasteiger partial charge on any atom is -0.482 e. The van der Waals surface area contributed by atoms with E-state index in [2.05, 4.69) is 20.7 Å². The fraction of sp³-hybridized carbons (Fsp3) is 0.111. The molecule has 0 bridgehead atoms. The van der Waals surface area contributed by atoms with Gasteiger partial charge < -0.3 is 14.2 Å². The van der Waals surface area contributed by atoms with Crippen LogP contribution < -0.4 is 9.47 Å². The third-order valence-corrected chi connectivity index (χ3v) is 3.92. The third kappa shape index (κ3) is 3.49. The van der Waals surface area contributed by atoms with Crippen LogP contribution in [0.4, 0.5) is 0 Å². The van der Waals surface area contributed by atoms with Crippen LogP contribution in [-0.2, 0) is 9.53 Å². The molecule has 2 aromatic carbocycles. The van der Waals surface area contributed by atoms with Crippen molar-refractivity contribution in [3.63, 3.8) is 0 Å². The van der Waals surface area contributed by atoms with Gasteiger partial charge in [-0.05, 0) is 35.9 Å². The summed E-state index contributed by atoms with van der Waals surface area (Å²) in [5.41, 5.74) is 1.32. The number of benzene rings is 2. The van der Waals surface area contributed by atoms with E-state index < -0.39 is 5.97 Å². The summed E-state index contributed by atoms with van der Waals surface area (Å²) in [6, 6.07) is 12.3. The monoisotopic (exact) mass is 388 g/mol. The Bertz CT molecular complexity index is 824. The Kier molecular flexibility index (Phi) is 4.66. The number of hydrogen-bond acceptors (Lipinski definition) is 5. The summed E-state index contributed by atoms with van der Waals surface area (Å²) in [6.07, 6.45) is 1.68. The Morgan fingerprint density at radius 2 is 1.96 bits per heavy atom. The van der Waals surface area contributed by atoms with Crippen molar-refractivity contribution in [2.24, 2.45) is 0 Å². The van der Waals surface area contributed by atoms with E-state index in [1.54, 1.807) is 24.3 Å². The molecule has 0 aromatic heterocycles. The minimum atomic E-state index is -0.483. The summed E-state index contributed by atoms with van der Waals surface area (Å²) < 4.78 is 16.4. The summed E-state index contributed by atoms with van der Waals surface area (Å²) in [5.74, 6) is 0.413. The molecule has 0 N–H and O–H groups in total. The van der Waals surface area contributed by atoms with Crippen LogP contribution in [-0.4, -0.2) is 25.5 Å². The first-order valence-electron chi connectivity index (χ1n) is 7.10. The predicted molar refractivity (Wildman–Crippen MR) is 91.0 cm³/mol. The second-order valence-corrected chi connectivity index (χ2v) is 5.93. The van der Waals surface area contributed by atoms with Crippen LogP contribution >= 0.6 is 15.9 Å². The zero-order chi connectivity index (χ0) is 17.1. The Morgan fingerprint density at radius 3 is 2.67 bits per heavy atom. The molecule has 24 heavy (non-hydrogen) atoms. The molecule has 0 saturated heterocycles. The number of carbonyl (C=O) groups is 2. The molecule has 1 heterocycles. The van der Waals surface area contributed by atoms with Gasteiger partial charge in [-0.25, -0.2) is 4.79 Å². The quantitative estimate of drug-likeness (QED) is 0.591. The molecule has 0 saturated carbocycles. The number of halogens is 1. The average molecular weight is 389 g/mol. The van der Waals surface area contributed by atoms with Crippen molar-refractivity contribution in [2.45, 2.75) is 0 Å². The highest BCUT2D eigenvalue weighted by Crippen LogP contribution is 2.34. The first-order valence-corrected chi connectivity index (χ1v) is 7.89. The van der Waals surface area contributed by atoms with Gasteiger partial charge in [0.2, 0.25) is 5.78 Å². The predicted octanol–water partition coefficient (Wildman–Crippen LogP) is 3.62. The first kappa shape index (κ1) is 16.3. The van der Waals surface area contributed by atoms with E-state index in [1.807, 2.05) is 24.3 Å². The average Bonchev–Trinajstić information content (AvgIpc) is 2.90. The lowest BCUT2D eigenvalue weighted by molar-refractivity contribution is -0.142. The van der Waals surface area contributed by atoms with Gasteiger partial charge in [0.1, 0.15) is 11.5 Å². The van der Waals surface area contributed by atoms with Gasteiger partial charge in [-0.1, -0.05) is 28.1 Å². The first-order chi connectivity index (χ1) is 11.6. The van der Waals surface area contributed by atoms with Gasteiger partial charge in [-0.15, -0.1) is 0 Å². The fourth-order valence-corrected chi connectivity index (χ4v) is 2.43. The summed E-state index contributed by atoms with van der Waals surface area (Å²) >= 11 is 3.37. The molecule has 0 radical (unpaired) electrons. The van der Waals surface area contributed by atoms with Crippen molar-refractivity contribution in [2.75, 3.05) is 13.7 Å². The molecule has 6 heteroatoms. The van der Waals surface area contributed by atoms with Crippen molar-refractivity contribution in [1.82, 2.24) is 0 Å². The summed E-state index contributed by atoms with van der Waals surface area (Å²) in [7, 11) is 1.29. The molecule has 0 amide bonds. The zero-order valence-corrected chi connectivity index (χ0v) is 14.3. The van der Waals surface area contributed by atoms with E-state index in [4.69, 9.17) is 9.47 Å². The highest BCUT2D eigenvalue weighted by molar-refractivity contribution is 9.10. The maximum Gasteiger partial charge on any atom is 0.343 e. The number of carbonyl (C=O) groups excluding carboxylic acids is 2. The molecule has 5 nitrogen and oxygen atoms in total. The van der Waals surface area contributed by atoms with Crippen LogP contribution in [0.1, 0.15) is 15.9 Å². The van der Waals surface area contributed by atoms with Gasteiger partial charge in [0.15, 0.2) is 12.4 Å². The highest BCUT2D eigenvalue weighted by Gasteiger charge is 2.27. The Balaban J connectivity index is 1.79. The fourth-order valence-electron chi connectivity index (χ4n) is 2.17. The van der Waals surface area contributed by atoms with E-state index in [0.29, 0.717) is 17.1 Å². The number of ketones is 1. The molecular weight excluding hydrogens is 376 g/mol. The van der Waals surface area contributed by atoms with Crippen molar-refractivity contribution >= 4 is 33.8 Å². The highest BCUT2D eigenvalue weighted by atomic mass is 79.9. The molecule has 1 aliphatic heterocycles. The number of allylic oxidation sites excluding steroid dienone is 1. The third-order valence-electron chi connectivity index (χ3n) is 3.39. The van der Waals surface area contributed by atoms with E-state index in [-0.39, 0.29) is 18.1 Å². The lowest BCUT2D eigenvalue weighted by Crippen LogP contribution is -2.12. The number of ether oxygens (including phenoxy) is 3. The maximum absolute atomic E-state index is 12.4. The second kappa shape index (κ2) is 6.88. The van der Waals surface area contributed by atoms with Gasteiger partial charge >= 0.3 is 5.97 Å². The molecule has 0 spiro atoms. The van der Waals surface area contributed by atoms with E-state index >= 15 is 0 Å². The van der Waals surface area contributed by atoms with Crippen molar-refractivity contribution in [1.29, 1.82) is 0 Å². The molecule has 0 aliphatic carbocycles. The SMILES string of the molecule is COC(=O)COc1ccc2c(c1)OC(=Cc1ccc(Br)cc1)C2=O. The molecular formula is C18H13BrO5. The molecule has 0 unspecified atom stereocenters. The van der Waals surface area contributed by atoms with Crippen LogP contribution in [0.2, 0.25) is 0 Å². The molecule has 2 aromatic rings. The molecule has 0 atom stereocenters. The Hall–Kier alpha value is -2.60. The van der Waals surface area contributed by atoms with E-state index in [9.17, 15) is 9.59 Å². The van der Waals surface area contributed by atoms with E-state index in [1.165, 1.54) is 7.11 Å². The molecule has 122 valence electrons. The molecule has 1 aliphatic rings. The lowest BCUT2D eigenvalue weighted by atomic mass is 10.1. The van der Waals surface area contributed by atoms with Gasteiger partial charge in [0.25, 0.3) is 0 Å². The van der Waals surface area contributed by atoms with Gasteiger partial charge in [0, 0.05) is 10.5 Å². The number of methoxy groups -OCH3 is 1. The van der Waals surface area contributed by atoms with Crippen LogP contribution in [0.25, 0.3) is 6.08 Å². The van der Waals surface area contributed by atoms with E-state index in [0.717, 1.165) is 10.0 Å². The second-order valence-electron chi connectivity index (χ2n) is 5.01. The molecule has 0 fully saturated rings. The minimum absolute atomic E-state index is 0.188. The maximum atomic E-state index is 12.4. The van der Waals surface area contributed by atoms with Crippen molar-refractivity contribution in [3.8, 4) is 11.5 Å². The van der Waals surface area contributed by atoms with Crippen LogP contribution in [0.15, 0.2) is 52.7 Å². The van der Waals surface area contributed by atoms with Crippen molar-refractivity contribution in [3.05, 3.63) is 63.8 Å². The number of fused-ring (bicyclic) bond motifs is 1. The zero-order valence-electron chi connectivity index (χ0n) is 12.7. The van der Waals surface area contributed by atoms with Crippen molar-refractivity contribution < 1.29 is 23.8 Å². The summed E-state index contributed by atoms with van der Waals surface area (Å²) in [6.45, 7) is -0.204. The number of hydrogen-bond donors (Lipinski definition) is 0. The summed E-state index contributed by atoms with van der Waals surface area (Å²) in [5, 5.41) is 0. The normalized spacial score (nSPS) is 14.2. The lowest BCUT2D eigenvalue weighted by Gasteiger charge is -2.05. The number of rotatable bonds is 4. The van der Waals surface area contributed by atoms with Crippen LogP contribution in [0, 0.1) is 0 Å². The van der Waals surface area contributed by atoms with Gasteiger partial charge in [0.05, 0.1) is 12.7 Å². The standard InChI is InChI=1S/C18H13BrO5/c1-22-17(20)10-23-13-6-7-14-15(9-13)24-16(18(14)21)8-11-2-4-12(19)5-3-11/h2-9H,10H2,1H3. The Labute approximate surface area is 147 Å². The largest absolute Gasteiger partial charge is 0.482 e. The van der Waals surface area contributed by atoms with Crippen LogP contribution in [0.3, 0.4) is 0 Å². The summed E-state index contributed by atoms with van der Waals surface area (Å²) in [4.78, 5) is 23.5. The topological polar surface area (TPSA) is 61.8 Å². The molecule has 3 rings (SSSR count). The van der Waals surface area contributed by atoms with Crippen LogP contribution in [0.5, 0.6) is 11.5 Å².